The molecular weight excluding hydrogens is 535 g/mol. The van der Waals surface area contributed by atoms with E-state index in [2.05, 4.69) is 5.32 Å². The molecule has 1 heterocycles. The van der Waals surface area contributed by atoms with Crippen LogP contribution in [0.4, 0.5) is 9.39 Å². The normalized spacial score (nSPS) is 11.3. The number of benzene rings is 2. The standard InChI is InChI=1S/C26H27FN2O7S2/c1-4-29(5-2)38(33,34)22-14-18(12-13-20(22)27)25(31)36-16-23(30)28-24-19(26(32)35-6-3)15-21(37-24)17-10-8-7-9-11-17/h7-15H,4-6,16H2,1-3H3,(H,28,30). The Labute approximate surface area is 224 Å². The highest BCUT2D eigenvalue weighted by Crippen LogP contribution is 2.36. The van der Waals surface area contributed by atoms with Gasteiger partial charge in [0.15, 0.2) is 6.61 Å². The van der Waals surface area contributed by atoms with E-state index in [0.29, 0.717) is 4.88 Å². The summed E-state index contributed by atoms with van der Waals surface area (Å²) in [6.07, 6.45) is 0. The molecule has 3 aromatic rings. The van der Waals surface area contributed by atoms with Crippen molar-refractivity contribution in [1.29, 1.82) is 0 Å². The maximum atomic E-state index is 14.3. The van der Waals surface area contributed by atoms with Gasteiger partial charge in [-0.2, -0.15) is 4.31 Å². The Kier molecular flexibility index (Phi) is 9.72. The molecule has 0 aliphatic rings. The van der Waals surface area contributed by atoms with Gasteiger partial charge in [0.1, 0.15) is 15.7 Å². The van der Waals surface area contributed by atoms with Crippen LogP contribution in [0.15, 0.2) is 59.5 Å². The maximum absolute atomic E-state index is 14.3. The van der Waals surface area contributed by atoms with Gasteiger partial charge < -0.3 is 14.8 Å². The number of thiophene rings is 1. The van der Waals surface area contributed by atoms with Crippen molar-refractivity contribution in [3.05, 3.63) is 71.5 Å². The number of nitrogens with one attached hydrogen (secondary N) is 1. The number of hydrogen-bond donors (Lipinski definition) is 1. The molecule has 2 aromatic carbocycles. The average Bonchev–Trinajstić information content (AvgIpc) is 3.32. The van der Waals surface area contributed by atoms with Crippen molar-refractivity contribution in [3.8, 4) is 10.4 Å². The van der Waals surface area contributed by atoms with Gasteiger partial charge in [-0.25, -0.2) is 22.4 Å². The third-order valence-electron chi connectivity index (χ3n) is 5.36. The van der Waals surface area contributed by atoms with Crippen molar-refractivity contribution >= 4 is 44.2 Å². The lowest BCUT2D eigenvalue weighted by Gasteiger charge is -2.19. The van der Waals surface area contributed by atoms with E-state index in [9.17, 15) is 27.2 Å². The highest BCUT2D eigenvalue weighted by atomic mass is 32.2. The van der Waals surface area contributed by atoms with Crippen LogP contribution in [-0.2, 0) is 24.3 Å². The van der Waals surface area contributed by atoms with Crippen LogP contribution < -0.4 is 5.32 Å². The molecule has 0 saturated carbocycles. The number of anilines is 1. The highest BCUT2D eigenvalue weighted by Gasteiger charge is 2.27. The summed E-state index contributed by atoms with van der Waals surface area (Å²) in [5, 5.41) is 2.78. The summed E-state index contributed by atoms with van der Waals surface area (Å²) < 4.78 is 51.0. The molecule has 38 heavy (non-hydrogen) atoms. The van der Waals surface area contributed by atoms with Crippen molar-refractivity contribution < 1.29 is 36.7 Å². The van der Waals surface area contributed by atoms with E-state index in [1.54, 1.807) is 26.8 Å². The van der Waals surface area contributed by atoms with E-state index in [4.69, 9.17) is 9.47 Å². The number of nitrogens with zero attached hydrogens (tertiary/aromatic N) is 1. The second-order valence-corrected chi connectivity index (χ2v) is 10.8. The molecular formula is C26H27FN2O7S2. The summed E-state index contributed by atoms with van der Waals surface area (Å²) in [6, 6.07) is 13.6. The van der Waals surface area contributed by atoms with Gasteiger partial charge >= 0.3 is 11.9 Å². The number of esters is 2. The molecule has 0 saturated heterocycles. The summed E-state index contributed by atoms with van der Waals surface area (Å²) >= 11 is 1.15. The monoisotopic (exact) mass is 562 g/mol. The molecule has 1 aromatic heterocycles. The predicted octanol–water partition coefficient (Wildman–Crippen LogP) is 4.56. The van der Waals surface area contributed by atoms with E-state index in [0.717, 1.165) is 39.4 Å². The molecule has 0 fully saturated rings. The van der Waals surface area contributed by atoms with Crippen molar-refractivity contribution in [1.82, 2.24) is 4.31 Å². The number of rotatable bonds is 11. The quantitative estimate of drug-likeness (QED) is 0.341. The Morgan fingerprint density at radius 3 is 2.26 bits per heavy atom. The van der Waals surface area contributed by atoms with Crippen molar-refractivity contribution in [2.24, 2.45) is 0 Å². The first-order valence-corrected chi connectivity index (χ1v) is 14.0. The second-order valence-electron chi connectivity index (χ2n) is 7.80. The van der Waals surface area contributed by atoms with E-state index < -0.39 is 45.2 Å². The lowest BCUT2D eigenvalue weighted by Crippen LogP contribution is -2.31. The molecule has 1 N–H and O–H groups in total. The number of carbonyl (C=O) groups is 3. The van der Waals surface area contributed by atoms with Gasteiger partial charge in [-0.3, -0.25) is 4.79 Å². The molecule has 0 bridgehead atoms. The number of carbonyl (C=O) groups excluding carboxylic acids is 3. The highest BCUT2D eigenvalue weighted by molar-refractivity contribution is 7.89. The molecule has 1 amide bonds. The van der Waals surface area contributed by atoms with E-state index in [1.807, 2.05) is 30.3 Å². The van der Waals surface area contributed by atoms with Crippen molar-refractivity contribution in [2.45, 2.75) is 25.7 Å². The molecule has 0 unspecified atom stereocenters. The molecule has 0 aliphatic heterocycles. The third-order valence-corrected chi connectivity index (χ3v) is 8.53. The number of sulfonamides is 1. The van der Waals surface area contributed by atoms with Crippen LogP contribution in [0, 0.1) is 5.82 Å². The van der Waals surface area contributed by atoms with Crippen LogP contribution in [0.25, 0.3) is 10.4 Å². The van der Waals surface area contributed by atoms with Gasteiger partial charge in [0, 0.05) is 18.0 Å². The number of halogens is 1. The molecule has 9 nitrogen and oxygen atoms in total. The minimum absolute atomic E-state index is 0.121. The summed E-state index contributed by atoms with van der Waals surface area (Å²) in [5.41, 5.74) is 0.751. The lowest BCUT2D eigenvalue weighted by molar-refractivity contribution is -0.119. The largest absolute Gasteiger partial charge is 0.462 e. The van der Waals surface area contributed by atoms with Crippen molar-refractivity contribution in [3.63, 3.8) is 0 Å². The van der Waals surface area contributed by atoms with Crippen LogP contribution in [0.2, 0.25) is 0 Å². The Morgan fingerprint density at radius 1 is 0.947 bits per heavy atom. The number of amides is 1. The van der Waals surface area contributed by atoms with E-state index >= 15 is 0 Å². The molecule has 0 spiro atoms. The molecule has 3 rings (SSSR count). The average molecular weight is 563 g/mol. The number of hydrogen-bond acceptors (Lipinski definition) is 8. The second kappa shape index (κ2) is 12.8. The summed E-state index contributed by atoms with van der Waals surface area (Å²) in [6.45, 7) is 4.54. The van der Waals surface area contributed by atoms with E-state index in [1.165, 1.54) is 0 Å². The first kappa shape index (κ1) is 29.0. The Morgan fingerprint density at radius 2 is 1.63 bits per heavy atom. The molecule has 0 atom stereocenters. The van der Waals surface area contributed by atoms with Gasteiger partial charge in [0.05, 0.1) is 17.7 Å². The Balaban J connectivity index is 1.75. The van der Waals surface area contributed by atoms with Crippen LogP contribution in [0.1, 0.15) is 41.5 Å². The minimum Gasteiger partial charge on any atom is -0.462 e. The Hall–Kier alpha value is -3.61. The zero-order valence-corrected chi connectivity index (χ0v) is 22.7. The van der Waals surface area contributed by atoms with Gasteiger partial charge in [-0.1, -0.05) is 44.2 Å². The first-order chi connectivity index (χ1) is 18.1. The SMILES string of the molecule is CCOC(=O)c1cc(-c2ccccc2)sc1NC(=O)COC(=O)c1ccc(F)c(S(=O)(=O)N(CC)CC)c1. The van der Waals surface area contributed by atoms with Crippen LogP contribution in [0.3, 0.4) is 0 Å². The van der Waals surface area contributed by atoms with Crippen LogP contribution in [-0.4, -0.2) is 56.9 Å². The molecule has 0 radical (unpaired) electrons. The maximum Gasteiger partial charge on any atom is 0.341 e. The molecule has 0 aliphatic carbocycles. The minimum atomic E-state index is -4.17. The van der Waals surface area contributed by atoms with Crippen LogP contribution in [0.5, 0.6) is 0 Å². The summed E-state index contributed by atoms with van der Waals surface area (Å²) in [7, 11) is -4.17. The summed E-state index contributed by atoms with van der Waals surface area (Å²) in [5.74, 6) is -3.38. The zero-order chi connectivity index (χ0) is 27.9. The smallest absolute Gasteiger partial charge is 0.341 e. The zero-order valence-electron chi connectivity index (χ0n) is 21.0. The van der Waals surface area contributed by atoms with Crippen molar-refractivity contribution in [2.75, 3.05) is 31.6 Å². The fraction of sp³-hybridized carbons (Fsp3) is 0.269. The van der Waals surface area contributed by atoms with Gasteiger partial charge in [-0.05, 0) is 36.8 Å². The van der Waals surface area contributed by atoms with Crippen LogP contribution >= 0.6 is 11.3 Å². The molecule has 12 heteroatoms. The summed E-state index contributed by atoms with van der Waals surface area (Å²) in [4.78, 5) is 37.6. The number of ether oxygens (including phenoxy) is 2. The fourth-order valence-electron chi connectivity index (χ4n) is 3.50. The van der Waals surface area contributed by atoms with Gasteiger partial charge in [-0.15, -0.1) is 11.3 Å². The fourth-order valence-corrected chi connectivity index (χ4v) is 6.11. The van der Waals surface area contributed by atoms with E-state index in [-0.39, 0.29) is 35.8 Å². The third kappa shape index (κ3) is 6.63. The first-order valence-electron chi connectivity index (χ1n) is 11.7. The van der Waals surface area contributed by atoms with Gasteiger partial charge in [0.2, 0.25) is 10.0 Å². The lowest BCUT2D eigenvalue weighted by atomic mass is 10.1. The predicted molar refractivity (Wildman–Crippen MR) is 141 cm³/mol. The Bertz CT molecular complexity index is 1420. The topological polar surface area (TPSA) is 119 Å². The molecule has 202 valence electrons. The van der Waals surface area contributed by atoms with Gasteiger partial charge in [0.25, 0.3) is 5.91 Å².